The molecule has 4 N–H and O–H groups in total. The van der Waals surface area contributed by atoms with E-state index < -0.39 is 11.9 Å². The zero-order valence-corrected chi connectivity index (χ0v) is 38.1. The molecule has 8 heteroatoms. The summed E-state index contributed by atoms with van der Waals surface area (Å²) in [4.78, 5) is 21.3. The molecular formula is C47H94N2O4S2. The first-order chi connectivity index (χ1) is 27.1. The van der Waals surface area contributed by atoms with Crippen molar-refractivity contribution in [1.82, 2.24) is 10.6 Å². The molecule has 0 bridgehead atoms. The van der Waals surface area contributed by atoms with Gasteiger partial charge in [0, 0.05) is 23.8 Å². The number of carboxylic acid groups (broad SMARTS) is 2. The van der Waals surface area contributed by atoms with Crippen molar-refractivity contribution in [3.05, 3.63) is 0 Å². The van der Waals surface area contributed by atoms with Crippen LogP contribution in [-0.4, -0.2) is 59.0 Å². The lowest BCUT2D eigenvalue weighted by atomic mass is 9.89. The molecule has 1 atom stereocenters. The number of unbranched alkanes of at least 4 members (excludes halogenated alkanes) is 29. The Hall–Kier alpha value is -0.440. The monoisotopic (exact) mass is 815 g/mol. The van der Waals surface area contributed by atoms with Gasteiger partial charge in [0.05, 0.1) is 0 Å². The highest BCUT2D eigenvalue weighted by atomic mass is 32.2. The summed E-state index contributed by atoms with van der Waals surface area (Å²) in [7, 11) is 0. The Morgan fingerprint density at radius 1 is 0.400 bits per heavy atom. The molecular weight excluding hydrogens is 721 g/mol. The molecule has 0 aliphatic rings. The fraction of sp³-hybridized carbons (Fsp3) is 0.957. The summed E-state index contributed by atoms with van der Waals surface area (Å²) in [5, 5.41) is 26.0. The van der Waals surface area contributed by atoms with E-state index in [1.165, 1.54) is 230 Å². The smallest absolute Gasteiger partial charge is 0.303 e. The largest absolute Gasteiger partial charge is 0.481 e. The fourth-order valence-electron chi connectivity index (χ4n) is 7.85. The van der Waals surface area contributed by atoms with Crippen molar-refractivity contribution < 1.29 is 19.8 Å². The maximum Gasteiger partial charge on any atom is 0.303 e. The maximum absolute atomic E-state index is 10.7. The molecule has 0 saturated heterocycles. The lowest BCUT2D eigenvalue weighted by Gasteiger charge is -2.17. The molecule has 6 nitrogen and oxygen atoms in total. The molecule has 0 aromatic carbocycles. The van der Waals surface area contributed by atoms with E-state index >= 15 is 0 Å². The van der Waals surface area contributed by atoms with Gasteiger partial charge in [-0.25, -0.2) is 0 Å². The van der Waals surface area contributed by atoms with E-state index in [9.17, 15) is 9.59 Å². The van der Waals surface area contributed by atoms with E-state index in [0.29, 0.717) is 12.8 Å². The number of carboxylic acids is 2. The lowest BCUT2D eigenvalue weighted by molar-refractivity contribution is -0.138. The summed E-state index contributed by atoms with van der Waals surface area (Å²) < 4.78 is 0. The van der Waals surface area contributed by atoms with Crippen LogP contribution in [-0.2, 0) is 9.59 Å². The second-order valence-corrected chi connectivity index (χ2v) is 18.9. The van der Waals surface area contributed by atoms with E-state index in [2.05, 4.69) is 16.9 Å². The molecule has 0 saturated carbocycles. The molecule has 0 fully saturated rings. The van der Waals surface area contributed by atoms with Crippen LogP contribution in [0.15, 0.2) is 0 Å². The first-order valence-electron chi connectivity index (χ1n) is 24.0. The van der Waals surface area contributed by atoms with Crippen LogP contribution < -0.4 is 10.6 Å². The predicted molar refractivity (Wildman–Crippen MR) is 246 cm³/mol. The van der Waals surface area contributed by atoms with Gasteiger partial charge in [0.15, 0.2) is 0 Å². The first-order valence-corrected chi connectivity index (χ1v) is 26.5. The Morgan fingerprint density at radius 2 is 0.673 bits per heavy atom. The number of thioether (sulfide) groups is 2. The van der Waals surface area contributed by atoms with Gasteiger partial charge < -0.3 is 20.8 Å². The van der Waals surface area contributed by atoms with Crippen LogP contribution in [0.4, 0.5) is 0 Å². The SMILES string of the molecule is CSCSCNCCCCCCCCCCCCCNCCCCCC(CCCCCCCCCCCCC(=O)O)CCCCCCCCCCCC(=O)O. The number of aliphatic carboxylic acids is 2. The molecule has 0 aliphatic heterocycles. The van der Waals surface area contributed by atoms with Gasteiger partial charge in [-0.2, -0.15) is 11.8 Å². The van der Waals surface area contributed by atoms with E-state index in [1.807, 2.05) is 23.5 Å². The molecule has 0 heterocycles. The lowest BCUT2D eigenvalue weighted by Crippen LogP contribution is -2.16. The molecule has 0 spiro atoms. The van der Waals surface area contributed by atoms with Crippen molar-refractivity contribution in [3.8, 4) is 0 Å². The Bertz CT molecular complexity index is 775. The Balaban J connectivity index is 3.85. The third kappa shape index (κ3) is 49.6. The third-order valence-electron chi connectivity index (χ3n) is 11.3. The van der Waals surface area contributed by atoms with E-state index in [4.69, 9.17) is 10.2 Å². The molecule has 0 aromatic rings. The zero-order chi connectivity index (χ0) is 40.0. The highest BCUT2D eigenvalue weighted by Gasteiger charge is 2.09. The minimum Gasteiger partial charge on any atom is -0.481 e. The van der Waals surface area contributed by atoms with Gasteiger partial charge in [0.2, 0.25) is 0 Å². The summed E-state index contributed by atoms with van der Waals surface area (Å²) in [6.07, 6.45) is 50.4. The van der Waals surface area contributed by atoms with Crippen molar-refractivity contribution >= 4 is 35.5 Å². The van der Waals surface area contributed by atoms with Crippen LogP contribution in [0.5, 0.6) is 0 Å². The average molecular weight is 815 g/mol. The van der Waals surface area contributed by atoms with E-state index in [0.717, 1.165) is 37.5 Å². The quantitative estimate of drug-likeness (QED) is 0.0356. The van der Waals surface area contributed by atoms with Gasteiger partial charge in [0.1, 0.15) is 0 Å². The summed E-state index contributed by atoms with van der Waals surface area (Å²) >= 11 is 3.90. The molecule has 0 rings (SSSR count). The predicted octanol–water partition coefficient (Wildman–Crippen LogP) is 14.8. The Kier molecular flexibility index (Phi) is 47.5. The Labute approximate surface area is 351 Å². The molecule has 1 unspecified atom stereocenters. The van der Waals surface area contributed by atoms with Gasteiger partial charge in [-0.3, -0.25) is 9.59 Å². The summed E-state index contributed by atoms with van der Waals surface area (Å²) in [6, 6.07) is 0. The highest BCUT2D eigenvalue weighted by Crippen LogP contribution is 2.25. The van der Waals surface area contributed by atoms with Crippen LogP contribution in [0.1, 0.15) is 244 Å². The van der Waals surface area contributed by atoms with Crippen molar-refractivity contribution in [2.75, 3.05) is 36.9 Å². The molecule has 0 aliphatic carbocycles. The van der Waals surface area contributed by atoms with Crippen LogP contribution in [0.3, 0.4) is 0 Å². The van der Waals surface area contributed by atoms with Crippen LogP contribution in [0.2, 0.25) is 0 Å². The summed E-state index contributed by atoms with van der Waals surface area (Å²) in [5.74, 6) is 0.706. The topological polar surface area (TPSA) is 98.7 Å². The second-order valence-electron chi connectivity index (χ2n) is 16.7. The highest BCUT2D eigenvalue weighted by molar-refractivity contribution is 8.15. The van der Waals surface area contributed by atoms with Crippen molar-refractivity contribution in [3.63, 3.8) is 0 Å². The molecule has 0 radical (unpaired) electrons. The minimum absolute atomic E-state index is 0.328. The maximum atomic E-state index is 10.7. The van der Waals surface area contributed by atoms with Crippen LogP contribution >= 0.6 is 23.5 Å². The van der Waals surface area contributed by atoms with Crippen molar-refractivity contribution in [1.29, 1.82) is 0 Å². The number of hydrogen-bond donors (Lipinski definition) is 4. The zero-order valence-electron chi connectivity index (χ0n) is 36.5. The fourth-order valence-corrected chi connectivity index (χ4v) is 9.14. The third-order valence-corrected chi connectivity index (χ3v) is 13.4. The van der Waals surface area contributed by atoms with Crippen LogP contribution in [0.25, 0.3) is 0 Å². The molecule has 328 valence electrons. The molecule has 0 aromatic heterocycles. The standard InChI is InChI=1S/C47H94N2O4S2/c1-54-44-55-43-49-42-33-25-19-13-6-2-5-12-18-24-32-40-48-41-34-26-29-37-45(36-28-21-15-9-7-11-17-23-31-39-47(52)53)35-27-20-14-8-3-4-10-16-22-30-38-46(50)51/h45,48-49H,2-44H2,1H3,(H,50,51)(H,52,53). The molecule has 55 heavy (non-hydrogen) atoms. The first kappa shape index (κ1) is 54.6. The minimum atomic E-state index is -0.658. The second kappa shape index (κ2) is 47.9. The number of nitrogens with one attached hydrogen (secondary N) is 2. The number of hydrogen-bond acceptors (Lipinski definition) is 6. The van der Waals surface area contributed by atoms with E-state index in [-0.39, 0.29) is 0 Å². The number of rotatable bonds is 49. The average Bonchev–Trinajstić information content (AvgIpc) is 3.17. The van der Waals surface area contributed by atoms with Gasteiger partial charge >= 0.3 is 11.9 Å². The summed E-state index contributed by atoms with van der Waals surface area (Å²) in [5.41, 5.74) is 0. The van der Waals surface area contributed by atoms with Gasteiger partial charge in [-0.1, -0.05) is 199 Å². The van der Waals surface area contributed by atoms with E-state index in [1.54, 1.807) is 0 Å². The number of carbonyl (C=O) groups is 2. The molecule has 0 amide bonds. The van der Waals surface area contributed by atoms with Gasteiger partial charge in [-0.05, 0) is 63.9 Å². The van der Waals surface area contributed by atoms with Crippen molar-refractivity contribution in [2.24, 2.45) is 5.92 Å². The van der Waals surface area contributed by atoms with Gasteiger partial charge in [-0.15, -0.1) is 11.8 Å². The van der Waals surface area contributed by atoms with Gasteiger partial charge in [0.25, 0.3) is 0 Å². The summed E-state index contributed by atoms with van der Waals surface area (Å²) in [6.45, 7) is 3.58. The normalized spacial score (nSPS) is 12.1. The van der Waals surface area contributed by atoms with Crippen LogP contribution in [0, 0.1) is 5.92 Å². The van der Waals surface area contributed by atoms with Crippen molar-refractivity contribution in [2.45, 2.75) is 244 Å². The Morgan fingerprint density at radius 3 is 1.00 bits per heavy atom.